The molecule has 0 saturated heterocycles. The zero-order chi connectivity index (χ0) is 17.9. The summed E-state index contributed by atoms with van der Waals surface area (Å²) in [6.45, 7) is 2.05. The summed E-state index contributed by atoms with van der Waals surface area (Å²) in [5.41, 5.74) is 3.15. The van der Waals surface area contributed by atoms with Crippen molar-refractivity contribution < 1.29 is 4.79 Å². The minimum absolute atomic E-state index is 0.183. The van der Waals surface area contributed by atoms with Gasteiger partial charge in [0, 0.05) is 29.8 Å². The molecule has 0 spiro atoms. The minimum Gasteiger partial charge on any atom is -0.321 e. The number of nitrogens with zero attached hydrogens (tertiary/aromatic N) is 5. The van der Waals surface area contributed by atoms with Gasteiger partial charge < -0.3 is 5.32 Å². The number of nitrogens with one attached hydrogen (secondary N) is 1. The molecule has 8 heteroatoms. The van der Waals surface area contributed by atoms with E-state index in [1.165, 1.54) is 0 Å². The Balaban J connectivity index is 1.59. The molecule has 0 saturated carbocycles. The van der Waals surface area contributed by atoms with Gasteiger partial charge in [0.15, 0.2) is 0 Å². The topological polar surface area (TPSA) is 85.1 Å². The molecule has 0 bridgehead atoms. The molecule has 0 fully saturated rings. The third kappa shape index (κ3) is 3.18. The molecule has 0 radical (unpaired) electrons. The monoisotopic (exact) mass is 364 g/mol. The van der Waals surface area contributed by atoms with Crippen LogP contribution in [0.5, 0.6) is 0 Å². The molecule has 0 aliphatic carbocycles. The number of hydrogen-bond acceptors (Lipinski definition) is 6. The summed E-state index contributed by atoms with van der Waals surface area (Å²) in [7, 11) is 0. The van der Waals surface area contributed by atoms with E-state index in [9.17, 15) is 4.79 Å². The lowest BCUT2D eigenvalue weighted by Gasteiger charge is -2.06. The van der Waals surface area contributed by atoms with Crippen LogP contribution in [0.1, 0.15) is 28.7 Å². The van der Waals surface area contributed by atoms with Gasteiger partial charge in [-0.3, -0.25) is 9.20 Å². The molecule has 4 aromatic rings. The van der Waals surface area contributed by atoms with Gasteiger partial charge in [0.2, 0.25) is 5.78 Å². The molecular weight excluding hydrogens is 348 g/mol. The Bertz CT molecular complexity index is 1040. The maximum Gasteiger partial charge on any atom is 0.269 e. The lowest BCUT2D eigenvalue weighted by molar-refractivity contribution is 0.102. The number of amides is 1. The Morgan fingerprint density at radius 3 is 3.08 bits per heavy atom. The average molecular weight is 364 g/mol. The summed E-state index contributed by atoms with van der Waals surface area (Å²) >= 11 is 1.12. The van der Waals surface area contributed by atoms with E-state index in [0.29, 0.717) is 16.3 Å². The van der Waals surface area contributed by atoms with E-state index in [4.69, 9.17) is 0 Å². The Morgan fingerprint density at radius 2 is 2.23 bits per heavy atom. The second-order valence-corrected chi connectivity index (χ2v) is 6.54. The van der Waals surface area contributed by atoms with Gasteiger partial charge in [0.25, 0.3) is 5.91 Å². The summed E-state index contributed by atoms with van der Waals surface area (Å²) in [6, 6.07) is 9.44. The number of carbonyl (C=O) groups excluding carboxylic acids is 1. The van der Waals surface area contributed by atoms with Crippen LogP contribution in [0.4, 0.5) is 5.69 Å². The van der Waals surface area contributed by atoms with E-state index in [-0.39, 0.29) is 5.91 Å². The predicted molar refractivity (Wildman–Crippen MR) is 100 cm³/mol. The van der Waals surface area contributed by atoms with Crippen LogP contribution in [0.2, 0.25) is 0 Å². The van der Waals surface area contributed by atoms with Crippen LogP contribution in [0, 0.1) is 0 Å². The van der Waals surface area contributed by atoms with Gasteiger partial charge in [0.1, 0.15) is 4.88 Å². The normalized spacial score (nSPS) is 11.0. The van der Waals surface area contributed by atoms with Crippen molar-refractivity contribution in [2.24, 2.45) is 0 Å². The van der Waals surface area contributed by atoms with Crippen LogP contribution in [-0.2, 0) is 6.42 Å². The summed E-state index contributed by atoms with van der Waals surface area (Å²) in [6.07, 6.45) is 7.18. The second-order valence-electron chi connectivity index (χ2n) is 5.79. The Labute approximate surface area is 153 Å². The molecule has 130 valence electrons. The summed E-state index contributed by atoms with van der Waals surface area (Å²) in [4.78, 5) is 21.9. The van der Waals surface area contributed by atoms with Gasteiger partial charge >= 0.3 is 0 Å². The highest BCUT2D eigenvalue weighted by atomic mass is 32.1. The molecule has 3 heterocycles. The summed E-state index contributed by atoms with van der Waals surface area (Å²) in [5.74, 6) is 0.453. The molecule has 1 N–H and O–H groups in total. The summed E-state index contributed by atoms with van der Waals surface area (Å²) < 4.78 is 5.77. The molecule has 26 heavy (non-hydrogen) atoms. The van der Waals surface area contributed by atoms with Crippen LogP contribution in [-0.4, -0.2) is 29.9 Å². The van der Waals surface area contributed by atoms with Gasteiger partial charge in [-0.1, -0.05) is 30.0 Å². The molecule has 0 unspecified atom stereocenters. The SMILES string of the molecule is CCCc1nnsc1C(=O)Nc1cccc(-c2cn3cccnc3n2)c1. The van der Waals surface area contributed by atoms with Crippen molar-refractivity contribution in [1.29, 1.82) is 0 Å². The number of anilines is 1. The lowest BCUT2D eigenvalue weighted by atomic mass is 10.1. The Hall–Kier alpha value is -3.13. The van der Waals surface area contributed by atoms with Crippen LogP contribution in [0.25, 0.3) is 17.0 Å². The first-order valence-corrected chi connectivity index (χ1v) is 9.04. The van der Waals surface area contributed by atoms with Crippen molar-refractivity contribution in [3.8, 4) is 11.3 Å². The second kappa shape index (κ2) is 7.01. The third-order valence-electron chi connectivity index (χ3n) is 3.90. The van der Waals surface area contributed by atoms with Gasteiger partial charge in [-0.05, 0) is 36.2 Å². The third-order valence-corrected chi connectivity index (χ3v) is 4.67. The molecular formula is C18H16N6OS. The Kier molecular flexibility index (Phi) is 4.40. The largest absolute Gasteiger partial charge is 0.321 e. The molecule has 7 nitrogen and oxygen atoms in total. The number of aromatic nitrogens is 5. The van der Waals surface area contributed by atoms with E-state index in [0.717, 1.165) is 41.3 Å². The van der Waals surface area contributed by atoms with Crippen LogP contribution in [0.15, 0.2) is 48.9 Å². The number of fused-ring (bicyclic) bond motifs is 1. The maximum absolute atomic E-state index is 12.5. The van der Waals surface area contributed by atoms with E-state index < -0.39 is 0 Å². The smallest absolute Gasteiger partial charge is 0.269 e. The highest BCUT2D eigenvalue weighted by Gasteiger charge is 2.16. The van der Waals surface area contributed by atoms with Crippen LogP contribution >= 0.6 is 11.5 Å². The van der Waals surface area contributed by atoms with Gasteiger partial charge in [-0.15, -0.1) is 5.10 Å². The van der Waals surface area contributed by atoms with Crippen LogP contribution < -0.4 is 5.32 Å². The maximum atomic E-state index is 12.5. The van der Waals surface area contributed by atoms with Crippen LogP contribution in [0.3, 0.4) is 0 Å². The first kappa shape index (κ1) is 16.3. The fourth-order valence-corrected chi connectivity index (χ4v) is 3.30. The van der Waals surface area contributed by atoms with Gasteiger partial charge in [-0.2, -0.15) is 0 Å². The fraction of sp³-hybridized carbons (Fsp3) is 0.167. The van der Waals surface area contributed by atoms with E-state index >= 15 is 0 Å². The molecule has 3 aromatic heterocycles. The van der Waals surface area contributed by atoms with Crippen molar-refractivity contribution in [1.82, 2.24) is 24.0 Å². The zero-order valence-corrected chi connectivity index (χ0v) is 14.9. The highest BCUT2D eigenvalue weighted by molar-refractivity contribution is 7.08. The first-order valence-electron chi connectivity index (χ1n) is 8.27. The average Bonchev–Trinajstić information content (AvgIpc) is 3.29. The molecule has 1 amide bonds. The van der Waals surface area contributed by atoms with Crippen molar-refractivity contribution in [3.63, 3.8) is 0 Å². The number of hydrogen-bond donors (Lipinski definition) is 1. The number of benzene rings is 1. The molecule has 0 aliphatic heterocycles. The number of rotatable bonds is 5. The minimum atomic E-state index is -0.183. The van der Waals surface area contributed by atoms with Gasteiger partial charge in [-0.25, -0.2) is 9.97 Å². The zero-order valence-electron chi connectivity index (χ0n) is 14.1. The van der Waals surface area contributed by atoms with Crippen molar-refractivity contribution in [2.75, 3.05) is 5.32 Å². The number of carbonyl (C=O) groups is 1. The molecule has 0 aliphatic rings. The standard InChI is InChI=1S/C18H16N6OS/c1-2-5-14-16(26-23-22-14)17(25)20-13-7-3-6-12(10-13)15-11-24-9-4-8-19-18(24)21-15/h3-4,6-11H,2,5H2,1H3,(H,20,25). The van der Waals surface area contributed by atoms with Gasteiger partial charge in [0.05, 0.1) is 11.4 Å². The molecule has 4 rings (SSSR count). The first-order chi connectivity index (χ1) is 12.7. The number of imidazole rings is 1. The van der Waals surface area contributed by atoms with Crippen molar-refractivity contribution >= 4 is 28.9 Å². The van der Waals surface area contributed by atoms with Crippen molar-refractivity contribution in [2.45, 2.75) is 19.8 Å². The highest BCUT2D eigenvalue weighted by Crippen LogP contribution is 2.23. The lowest BCUT2D eigenvalue weighted by Crippen LogP contribution is -2.12. The quantitative estimate of drug-likeness (QED) is 0.586. The Morgan fingerprint density at radius 1 is 1.31 bits per heavy atom. The predicted octanol–water partition coefficient (Wildman–Crippen LogP) is 3.45. The molecule has 1 aromatic carbocycles. The number of aryl methyl sites for hydroxylation is 1. The van der Waals surface area contributed by atoms with E-state index in [2.05, 4.69) is 24.9 Å². The van der Waals surface area contributed by atoms with Crippen molar-refractivity contribution in [3.05, 3.63) is 59.5 Å². The van der Waals surface area contributed by atoms with E-state index in [1.54, 1.807) is 6.20 Å². The molecule has 0 atom stereocenters. The fourth-order valence-electron chi connectivity index (χ4n) is 2.69. The summed E-state index contributed by atoms with van der Waals surface area (Å²) in [5, 5.41) is 6.97. The van der Waals surface area contributed by atoms with E-state index in [1.807, 2.05) is 54.0 Å².